The van der Waals surface area contributed by atoms with Crippen LogP contribution < -0.4 is 5.32 Å². The molecule has 7 nitrogen and oxygen atoms in total. The Morgan fingerprint density at radius 1 is 1.00 bits per heavy atom. The molecule has 0 saturated heterocycles. The maximum Gasteiger partial charge on any atom is 0.257 e. The Labute approximate surface area is 190 Å². The number of nitrogens with zero attached hydrogens (tertiary/aromatic N) is 3. The van der Waals surface area contributed by atoms with E-state index in [4.69, 9.17) is 11.6 Å². The predicted octanol–water partition coefficient (Wildman–Crippen LogP) is 4.40. The van der Waals surface area contributed by atoms with E-state index in [1.165, 1.54) is 44.1 Å². The molecule has 0 fully saturated rings. The van der Waals surface area contributed by atoms with E-state index < -0.39 is 15.9 Å². The minimum Gasteiger partial charge on any atom is -0.322 e. The van der Waals surface area contributed by atoms with E-state index >= 15 is 0 Å². The van der Waals surface area contributed by atoms with Gasteiger partial charge in [0.2, 0.25) is 10.0 Å². The molecule has 0 unspecified atom stereocenters. The molecule has 1 amide bonds. The third kappa shape index (κ3) is 5.62. The van der Waals surface area contributed by atoms with Crippen LogP contribution in [-0.2, 0) is 10.0 Å². The van der Waals surface area contributed by atoms with E-state index in [1.807, 2.05) is 32.0 Å². The van der Waals surface area contributed by atoms with Gasteiger partial charge in [-0.3, -0.25) is 4.79 Å². The van der Waals surface area contributed by atoms with Crippen LogP contribution in [0, 0.1) is 13.8 Å². The highest BCUT2D eigenvalue weighted by atomic mass is 35.5. The highest BCUT2D eigenvalue weighted by Gasteiger charge is 2.21. The predicted molar refractivity (Wildman–Crippen MR) is 122 cm³/mol. The Hall–Kier alpha value is -2.46. The third-order valence-corrected chi connectivity index (χ3v) is 7.26. The Kier molecular flexibility index (Phi) is 7.00. The quantitative estimate of drug-likeness (QED) is 0.530. The fourth-order valence-corrected chi connectivity index (χ4v) is 4.69. The molecule has 2 aromatic carbocycles. The first kappa shape index (κ1) is 23.2. The molecular weight excluding hydrogens is 456 g/mol. The zero-order valence-electron chi connectivity index (χ0n) is 17.4. The fourth-order valence-electron chi connectivity index (χ4n) is 2.70. The Morgan fingerprint density at radius 3 is 2.19 bits per heavy atom. The second-order valence-electron chi connectivity index (χ2n) is 6.94. The van der Waals surface area contributed by atoms with Gasteiger partial charge in [0.1, 0.15) is 0 Å². The normalized spacial score (nSPS) is 11.5. The van der Waals surface area contributed by atoms with Gasteiger partial charge in [-0.15, -0.1) is 0 Å². The lowest BCUT2D eigenvalue weighted by Crippen LogP contribution is -2.23. The number of benzene rings is 2. The van der Waals surface area contributed by atoms with E-state index in [0.717, 1.165) is 20.6 Å². The highest BCUT2D eigenvalue weighted by molar-refractivity contribution is 7.99. The minimum absolute atomic E-state index is 0.00718. The molecule has 3 rings (SSSR count). The molecule has 0 aliphatic rings. The number of aryl methyl sites for hydroxylation is 2. The molecule has 1 N–H and O–H groups in total. The lowest BCUT2D eigenvalue weighted by molar-refractivity contribution is 0.102. The van der Waals surface area contributed by atoms with Crippen molar-refractivity contribution in [2.45, 2.75) is 28.8 Å². The second kappa shape index (κ2) is 9.35. The van der Waals surface area contributed by atoms with Crippen molar-refractivity contribution < 1.29 is 13.2 Å². The molecular formula is C21H21ClN4O3S2. The molecule has 31 heavy (non-hydrogen) atoms. The molecule has 3 aromatic rings. The van der Waals surface area contributed by atoms with Crippen molar-refractivity contribution >= 4 is 45.0 Å². The van der Waals surface area contributed by atoms with Crippen LogP contribution in [0.2, 0.25) is 5.02 Å². The molecule has 0 atom stereocenters. The summed E-state index contributed by atoms with van der Waals surface area (Å²) < 4.78 is 25.8. The van der Waals surface area contributed by atoms with Crippen molar-refractivity contribution in [1.82, 2.24) is 14.3 Å². The van der Waals surface area contributed by atoms with Gasteiger partial charge in [0.25, 0.3) is 5.91 Å². The van der Waals surface area contributed by atoms with Gasteiger partial charge in [-0.05, 0) is 74.1 Å². The third-order valence-electron chi connectivity index (χ3n) is 4.24. The molecule has 1 heterocycles. The summed E-state index contributed by atoms with van der Waals surface area (Å²) in [5.41, 5.74) is 2.42. The van der Waals surface area contributed by atoms with Crippen molar-refractivity contribution in [2.75, 3.05) is 19.4 Å². The number of aromatic nitrogens is 2. The second-order valence-corrected chi connectivity index (χ2v) is 10.5. The fraction of sp³-hybridized carbons (Fsp3) is 0.190. The number of hydrogen-bond acceptors (Lipinski definition) is 6. The van der Waals surface area contributed by atoms with Crippen LogP contribution in [0.25, 0.3) is 0 Å². The van der Waals surface area contributed by atoms with Gasteiger partial charge >= 0.3 is 0 Å². The molecule has 0 aliphatic heterocycles. The lowest BCUT2D eigenvalue weighted by Gasteiger charge is -2.13. The average Bonchev–Trinajstić information content (AvgIpc) is 2.68. The molecule has 0 bridgehead atoms. The van der Waals surface area contributed by atoms with Gasteiger partial charge in [-0.25, -0.2) is 22.7 Å². The maximum atomic E-state index is 12.7. The van der Waals surface area contributed by atoms with Gasteiger partial charge in [0, 0.05) is 36.1 Å². The average molecular weight is 477 g/mol. The monoisotopic (exact) mass is 476 g/mol. The number of carbonyl (C=O) groups excluding carboxylic acids is 1. The van der Waals surface area contributed by atoms with E-state index in [-0.39, 0.29) is 15.5 Å². The van der Waals surface area contributed by atoms with Crippen LogP contribution in [-0.4, -0.2) is 42.7 Å². The standard InChI is InChI=1S/C21H21ClN4O3S2/c1-13-11-14(2)24-21(23-13)30-16-7-5-15(6-8-16)25-20(27)18-12-17(9-10-19(18)22)31(28,29)26(3)4/h5-12H,1-4H3,(H,25,27). The summed E-state index contributed by atoms with van der Waals surface area (Å²) in [7, 11) is -0.838. The number of nitrogens with one attached hydrogen (secondary N) is 1. The van der Waals surface area contributed by atoms with Crippen molar-refractivity contribution in [3.8, 4) is 0 Å². The minimum atomic E-state index is -3.68. The Morgan fingerprint density at radius 2 is 1.61 bits per heavy atom. The van der Waals surface area contributed by atoms with Crippen LogP contribution in [0.3, 0.4) is 0 Å². The van der Waals surface area contributed by atoms with Crippen molar-refractivity contribution in [3.63, 3.8) is 0 Å². The van der Waals surface area contributed by atoms with Crippen LogP contribution in [0.5, 0.6) is 0 Å². The summed E-state index contributed by atoms with van der Waals surface area (Å²) in [6, 6.07) is 13.1. The van der Waals surface area contributed by atoms with E-state index in [1.54, 1.807) is 12.1 Å². The van der Waals surface area contributed by atoms with Gasteiger partial charge in [0.15, 0.2) is 5.16 Å². The SMILES string of the molecule is Cc1cc(C)nc(Sc2ccc(NC(=O)c3cc(S(=O)(=O)N(C)C)ccc3Cl)cc2)n1. The first-order valence-corrected chi connectivity index (χ1v) is 11.8. The van der Waals surface area contributed by atoms with Crippen molar-refractivity contribution in [3.05, 3.63) is 70.5 Å². The first-order valence-electron chi connectivity index (χ1n) is 9.20. The number of carbonyl (C=O) groups is 1. The Bertz CT molecular complexity index is 1210. The molecule has 0 saturated carbocycles. The number of rotatable bonds is 6. The first-order chi connectivity index (χ1) is 14.6. The summed E-state index contributed by atoms with van der Waals surface area (Å²) >= 11 is 7.56. The molecule has 10 heteroatoms. The van der Waals surface area contributed by atoms with E-state index in [0.29, 0.717) is 10.8 Å². The van der Waals surface area contributed by atoms with Crippen LogP contribution in [0.1, 0.15) is 21.7 Å². The summed E-state index contributed by atoms with van der Waals surface area (Å²) in [5, 5.41) is 3.56. The van der Waals surface area contributed by atoms with E-state index in [2.05, 4.69) is 15.3 Å². The largest absolute Gasteiger partial charge is 0.322 e. The summed E-state index contributed by atoms with van der Waals surface area (Å²) in [4.78, 5) is 22.4. The van der Waals surface area contributed by atoms with Gasteiger partial charge in [-0.2, -0.15) is 0 Å². The lowest BCUT2D eigenvalue weighted by atomic mass is 10.2. The molecule has 0 aliphatic carbocycles. The molecule has 1 aromatic heterocycles. The number of amides is 1. The van der Waals surface area contributed by atoms with Crippen LogP contribution in [0.15, 0.2) is 63.5 Å². The zero-order valence-corrected chi connectivity index (χ0v) is 19.8. The number of halogens is 1. The molecule has 162 valence electrons. The van der Waals surface area contributed by atoms with Crippen molar-refractivity contribution in [1.29, 1.82) is 0 Å². The highest BCUT2D eigenvalue weighted by Crippen LogP contribution is 2.27. The number of sulfonamides is 1. The molecule has 0 radical (unpaired) electrons. The topological polar surface area (TPSA) is 92.3 Å². The summed E-state index contributed by atoms with van der Waals surface area (Å²) in [5.74, 6) is -0.501. The van der Waals surface area contributed by atoms with Gasteiger partial charge < -0.3 is 5.32 Å². The van der Waals surface area contributed by atoms with Gasteiger partial charge in [-0.1, -0.05) is 11.6 Å². The summed E-state index contributed by atoms with van der Waals surface area (Å²) in [6.45, 7) is 3.84. The maximum absolute atomic E-state index is 12.7. The van der Waals surface area contributed by atoms with Crippen LogP contribution in [0.4, 0.5) is 5.69 Å². The molecule has 0 spiro atoms. The smallest absolute Gasteiger partial charge is 0.257 e. The number of hydrogen-bond donors (Lipinski definition) is 1. The summed E-state index contributed by atoms with van der Waals surface area (Å²) in [6.07, 6.45) is 0. The van der Waals surface area contributed by atoms with Gasteiger partial charge in [0.05, 0.1) is 15.5 Å². The Balaban J connectivity index is 1.76. The van der Waals surface area contributed by atoms with Crippen LogP contribution >= 0.6 is 23.4 Å². The zero-order chi connectivity index (χ0) is 22.8. The van der Waals surface area contributed by atoms with Crippen molar-refractivity contribution in [2.24, 2.45) is 0 Å². The number of anilines is 1. The van der Waals surface area contributed by atoms with E-state index in [9.17, 15) is 13.2 Å².